The molecule has 286 valence electrons. The third-order valence-corrected chi connectivity index (χ3v) is 13.8. The molecule has 1 aliphatic heterocycles. The highest BCUT2D eigenvalue weighted by molar-refractivity contribution is 5.74. The molecular weight excluding hydrogens is 652 g/mol. The number of allylic oxidation sites excluding steroid dienone is 7. The van der Waals surface area contributed by atoms with E-state index in [1.807, 2.05) is 39.1 Å². The maximum atomic E-state index is 12.8. The zero-order valence-corrected chi connectivity index (χ0v) is 32.0. The first-order valence-electron chi connectivity index (χ1n) is 19.5. The molecule has 1 spiro atoms. The topological polar surface area (TPSA) is 142 Å². The lowest BCUT2D eigenvalue weighted by Gasteiger charge is -2.67. The van der Waals surface area contributed by atoms with Crippen molar-refractivity contribution in [3.63, 3.8) is 0 Å². The Hall–Kier alpha value is -2.69. The summed E-state index contributed by atoms with van der Waals surface area (Å²) in [6.07, 6.45) is 14.6. The van der Waals surface area contributed by atoms with Crippen LogP contribution >= 0.6 is 0 Å². The van der Waals surface area contributed by atoms with Gasteiger partial charge in [-0.25, -0.2) is 0 Å². The number of aliphatic hydroxyl groups excluding tert-OH is 4. The summed E-state index contributed by atoms with van der Waals surface area (Å²) in [4.78, 5) is 12.3. The van der Waals surface area contributed by atoms with Crippen molar-refractivity contribution in [3.8, 4) is 0 Å². The Bertz CT molecular complexity index is 1580. The first kappa shape index (κ1) is 40.5. The average Bonchev–Trinajstić information content (AvgIpc) is 3.33. The quantitative estimate of drug-likeness (QED) is 0.0661. The van der Waals surface area contributed by atoms with Gasteiger partial charge in [0.05, 0.1) is 18.3 Å². The molecule has 1 aromatic carbocycles. The largest absolute Gasteiger partial charge is 0.396 e. The summed E-state index contributed by atoms with van der Waals surface area (Å²) in [5.41, 5.74) is 3.23. The van der Waals surface area contributed by atoms with E-state index in [1.165, 1.54) is 11.1 Å². The van der Waals surface area contributed by atoms with E-state index in [2.05, 4.69) is 54.5 Å². The van der Waals surface area contributed by atoms with Crippen LogP contribution in [0.15, 0.2) is 83.0 Å². The van der Waals surface area contributed by atoms with E-state index in [4.69, 9.17) is 0 Å². The van der Waals surface area contributed by atoms with Crippen molar-refractivity contribution < 1.29 is 30.3 Å². The number of aldehydes is 1. The van der Waals surface area contributed by atoms with Gasteiger partial charge < -0.3 is 30.8 Å². The maximum absolute atomic E-state index is 12.8. The van der Waals surface area contributed by atoms with Gasteiger partial charge in [0, 0.05) is 28.9 Å². The van der Waals surface area contributed by atoms with E-state index in [0.717, 1.165) is 41.4 Å². The molecule has 52 heavy (non-hydrogen) atoms. The van der Waals surface area contributed by atoms with Gasteiger partial charge in [-0.05, 0) is 145 Å². The number of hydrogen-bond acceptors (Lipinski definition) is 8. The van der Waals surface area contributed by atoms with E-state index in [1.54, 1.807) is 0 Å². The van der Waals surface area contributed by atoms with Gasteiger partial charge in [-0.2, -0.15) is 0 Å². The van der Waals surface area contributed by atoms with Crippen LogP contribution in [0, 0.1) is 22.2 Å². The SMILES string of the molecule is C=C(/C=C/C=C(/CO)[C@]12CC[C@]3(CCCO)/C(=C(/C)C=O)CC[C@](O)(CCNC)[C@@]3(CC1)[C@@H]2O)[C@H]1C/C=C(\C)[C@@H](O)N[C@H](C)Cc2cccc(c2)C1. The Morgan fingerprint density at radius 3 is 2.50 bits per heavy atom. The lowest BCUT2D eigenvalue weighted by atomic mass is 9.39. The van der Waals surface area contributed by atoms with Crippen LogP contribution in [-0.2, 0) is 17.6 Å². The molecule has 8 atom stereocenters. The van der Waals surface area contributed by atoms with Crippen LogP contribution in [0.2, 0.25) is 0 Å². The Labute approximate surface area is 311 Å². The Morgan fingerprint density at radius 2 is 1.81 bits per heavy atom. The number of hydrogen-bond donors (Lipinski definition) is 7. The predicted octanol–water partition coefficient (Wildman–Crippen LogP) is 5.40. The zero-order chi connectivity index (χ0) is 37.7. The molecule has 8 heteroatoms. The van der Waals surface area contributed by atoms with Crippen molar-refractivity contribution in [3.05, 3.63) is 94.1 Å². The molecule has 1 heterocycles. The molecule has 4 bridgehead atoms. The minimum absolute atomic E-state index is 0.00360. The average molecular weight is 717 g/mol. The normalized spacial score (nSPS) is 37.4. The molecule has 3 saturated carbocycles. The van der Waals surface area contributed by atoms with Crippen molar-refractivity contribution in [1.82, 2.24) is 10.6 Å². The highest BCUT2D eigenvalue weighted by Gasteiger charge is 2.76. The summed E-state index contributed by atoms with van der Waals surface area (Å²) in [5.74, 6) is 0.0903. The minimum Gasteiger partial charge on any atom is -0.396 e. The third-order valence-electron chi connectivity index (χ3n) is 13.8. The van der Waals surface area contributed by atoms with Crippen LogP contribution in [0.25, 0.3) is 0 Å². The van der Waals surface area contributed by atoms with Gasteiger partial charge >= 0.3 is 0 Å². The smallest absolute Gasteiger partial charge is 0.145 e. The molecule has 1 aromatic rings. The van der Waals surface area contributed by atoms with Gasteiger partial charge in [-0.1, -0.05) is 66.3 Å². The molecule has 3 aliphatic carbocycles. The number of carbonyl (C=O) groups is 1. The summed E-state index contributed by atoms with van der Waals surface area (Å²) in [5, 5.41) is 63.9. The van der Waals surface area contributed by atoms with E-state index in [-0.39, 0.29) is 25.2 Å². The molecule has 8 nitrogen and oxygen atoms in total. The molecular formula is C44H64N2O6. The van der Waals surface area contributed by atoms with Crippen LogP contribution in [0.1, 0.15) is 96.1 Å². The fourth-order valence-corrected chi connectivity index (χ4v) is 11.0. The van der Waals surface area contributed by atoms with Gasteiger partial charge in [-0.15, -0.1) is 0 Å². The maximum Gasteiger partial charge on any atom is 0.145 e. The van der Waals surface area contributed by atoms with Crippen molar-refractivity contribution in [2.24, 2.45) is 22.2 Å². The second-order valence-electron chi connectivity index (χ2n) is 16.5. The standard InChI is InChI=1S/C44H64N2O6/c1-30(36-14-13-31(2)39(50)46-33(4)25-34-10-7-11-35(26-34)27-36)9-6-12-37(29-49)41-18-20-42(16-8-24-47)38(32(3)28-48)15-17-43(52,22-23-45-5)44(42,21-19-41)40(41)51/h6-7,9-13,26,28,33,36,39-40,45-47,49-52H,1,8,14-25,27,29H2,2-5H3/b9-6+,31-13+,37-12-,38-32-/t33-,36+,39-,40-,41+,42-,43+,44+/m1/s1. The minimum atomic E-state index is -1.19. The first-order valence-corrected chi connectivity index (χ1v) is 19.5. The number of carbonyl (C=O) groups excluding carboxylic acids is 1. The predicted molar refractivity (Wildman–Crippen MR) is 207 cm³/mol. The van der Waals surface area contributed by atoms with E-state index in [0.29, 0.717) is 76.3 Å². The zero-order valence-electron chi connectivity index (χ0n) is 32.0. The van der Waals surface area contributed by atoms with E-state index >= 15 is 0 Å². The van der Waals surface area contributed by atoms with Crippen LogP contribution in [0.4, 0.5) is 0 Å². The monoisotopic (exact) mass is 716 g/mol. The summed E-state index contributed by atoms with van der Waals surface area (Å²) < 4.78 is 0. The first-order chi connectivity index (χ1) is 24.9. The van der Waals surface area contributed by atoms with Crippen molar-refractivity contribution in [2.75, 3.05) is 26.8 Å². The second kappa shape index (κ2) is 16.8. The number of aliphatic hydroxyl groups is 5. The molecule has 0 unspecified atom stereocenters. The molecule has 0 saturated heterocycles. The Kier molecular flexibility index (Phi) is 13.1. The van der Waals surface area contributed by atoms with Crippen LogP contribution < -0.4 is 10.6 Å². The molecule has 5 rings (SSSR count). The molecule has 0 aromatic heterocycles. The summed E-state index contributed by atoms with van der Waals surface area (Å²) in [7, 11) is 1.87. The summed E-state index contributed by atoms with van der Waals surface area (Å²) in [6.45, 7) is 10.7. The Morgan fingerprint density at radius 1 is 1.08 bits per heavy atom. The fraction of sp³-hybridized carbons (Fsp3) is 0.614. The van der Waals surface area contributed by atoms with Crippen LogP contribution in [0.5, 0.6) is 0 Å². The molecule has 0 radical (unpaired) electrons. The number of fused-ring (bicyclic) bond motifs is 3. The van der Waals surface area contributed by atoms with Gasteiger partial charge in [0.25, 0.3) is 0 Å². The van der Waals surface area contributed by atoms with Crippen LogP contribution in [-0.4, -0.2) is 82.6 Å². The van der Waals surface area contributed by atoms with Crippen molar-refractivity contribution in [2.45, 2.75) is 122 Å². The second-order valence-corrected chi connectivity index (χ2v) is 16.5. The third kappa shape index (κ3) is 7.25. The summed E-state index contributed by atoms with van der Waals surface area (Å²) in [6, 6.07) is 8.76. The lowest BCUT2D eigenvalue weighted by molar-refractivity contribution is -0.240. The molecule has 7 N–H and O–H groups in total. The summed E-state index contributed by atoms with van der Waals surface area (Å²) >= 11 is 0. The lowest BCUT2D eigenvalue weighted by Crippen LogP contribution is -2.69. The van der Waals surface area contributed by atoms with Gasteiger partial charge in [0.15, 0.2) is 0 Å². The van der Waals surface area contributed by atoms with Crippen molar-refractivity contribution >= 4 is 6.29 Å². The molecule has 4 aliphatic rings. The highest BCUT2D eigenvalue weighted by Crippen LogP contribution is 2.77. The van der Waals surface area contributed by atoms with Gasteiger partial charge in [0.2, 0.25) is 0 Å². The number of benzene rings is 1. The van der Waals surface area contributed by atoms with Gasteiger partial charge in [0.1, 0.15) is 12.5 Å². The van der Waals surface area contributed by atoms with Gasteiger partial charge in [-0.3, -0.25) is 10.1 Å². The number of rotatable bonds is 12. The van der Waals surface area contributed by atoms with Crippen LogP contribution in [0.3, 0.4) is 0 Å². The van der Waals surface area contributed by atoms with E-state index < -0.39 is 34.2 Å². The Balaban J connectivity index is 1.49. The molecule has 3 fully saturated rings. The molecule has 0 amide bonds. The van der Waals surface area contributed by atoms with Crippen molar-refractivity contribution in [1.29, 1.82) is 0 Å². The number of nitrogens with one attached hydrogen (secondary N) is 2. The highest BCUT2D eigenvalue weighted by atomic mass is 16.3. The van der Waals surface area contributed by atoms with E-state index in [9.17, 15) is 30.3 Å². The fourth-order valence-electron chi connectivity index (χ4n) is 11.0.